The van der Waals surface area contributed by atoms with Crippen LogP contribution in [-0.2, 0) is 9.59 Å². The fourth-order valence-corrected chi connectivity index (χ4v) is 1.94. The van der Waals surface area contributed by atoms with E-state index >= 15 is 0 Å². The molecule has 0 saturated carbocycles. The Bertz CT molecular complexity index is 389. The average molecular weight is 308 g/mol. The first-order chi connectivity index (χ1) is 10.4. The summed E-state index contributed by atoms with van der Waals surface area (Å²) in [5, 5.41) is 5.72. The summed E-state index contributed by atoms with van der Waals surface area (Å²) in [6, 6.07) is -0.651. The second kappa shape index (κ2) is 12.0. The summed E-state index contributed by atoms with van der Waals surface area (Å²) in [6.45, 7) is 9.99. The Labute approximate surface area is 135 Å². The van der Waals surface area contributed by atoms with Gasteiger partial charge in [0.15, 0.2) is 0 Å². The largest absolute Gasteiger partial charge is 0.348 e. The molecule has 0 spiro atoms. The summed E-state index contributed by atoms with van der Waals surface area (Å²) in [5.74, 6) is 0.0788. The summed E-state index contributed by atoms with van der Waals surface area (Å²) in [4.78, 5) is 24.3. The van der Waals surface area contributed by atoms with Crippen LogP contribution in [-0.4, -0.2) is 23.9 Å². The van der Waals surface area contributed by atoms with Gasteiger partial charge in [0.25, 0.3) is 0 Å². The van der Waals surface area contributed by atoms with Gasteiger partial charge in [-0.15, -0.1) is 0 Å². The lowest BCUT2D eigenvalue weighted by molar-refractivity contribution is -0.128. The number of carbonyl (C=O) groups excluding carboxylic acids is 2. The lowest BCUT2D eigenvalue weighted by Gasteiger charge is -2.18. The van der Waals surface area contributed by atoms with Crippen LogP contribution in [0.15, 0.2) is 24.3 Å². The van der Waals surface area contributed by atoms with E-state index in [1.54, 1.807) is 6.08 Å². The molecular formula is C18H32N2O2. The summed E-state index contributed by atoms with van der Waals surface area (Å²) in [7, 11) is 0. The van der Waals surface area contributed by atoms with Crippen molar-refractivity contribution < 1.29 is 9.59 Å². The van der Waals surface area contributed by atoms with E-state index in [-0.39, 0.29) is 17.9 Å². The quantitative estimate of drug-likeness (QED) is 0.608. The molecule has 0 radical (unpaired) electrons. The van der Waals surface area contributed by atoms with Crippen molar-refractivity contribution in [2.75, 3.05) is 0 Å². The van der Waals surface area contributed by atoms with Gasteiger partial charge < -0.3 is 10.6 Å². The van der Waals surface area contributed by atoms with E-state index in [0.717, 1.165) is 19.3 Å². The lowest BCUT2D eigenvalue weighted by Crippen LogP contribution is -2.47. The van der Waals surface area contributed by atoms with Gasteiger partial charge in [0.2, 0.25) is 11.8 Å². The van der Waals surface area contributed by atoms with Gasteiger partial charge >= 0.3 is 0 Å². The van der Waals surface area contributed by atoms with Crippen LogP contribution in [0.25, 0.3) is 0 Å². The van der Waals surface area contributed by atoms with Gasteiger partial charge in [-0.2, -0.15) is 0 Å². The Morgan fingerprint density at radius 1 is 1.09 bits per heavy atom. The summed E-state index contributed by atoms with van der Waals surface area (Å²) >= 11 is 0. The minimum Gasteiger partial charge on any atom is -0.348 e. The Balaban J connectivity index is 4.73. The fourth-order valence-electron chi connectivity index (χ4n) is 1.94. The molecule has 0 heterocycles. The maximum atomic E-state index is 12.3. The highest BCUT2D eigenvalue weighted by Gasteiger charge is 2.19. The van der Waals surface area contributed by atoms with Gasteiger partial charge in [0.05, 0.1) is 0 Å². The number of allylic oxidation sites excluding steroid dienone is 2. The molecule has 4 nitrogen and oxygen atoms in total. The maximum Gasteiger partial charge on any atom is 0.247 e. The first kappa shape index (κ1) is 20.4. The van der Waals surface area contributed by atoms with Gasteiger partial charge in [-0.25, -0.2) is 0 Å². The number of hydrogen-bond acceptors (Lipinski definition) is 2. The normalized spacial score (nSPS) is 15.7. The molecule has 0 fully saturated rings. The predicted molar refractivity (Wildman–Crippen MR) is 92.5 cm³/mol. The third kappa shape index (κ3) is 9.37. The molecule has 4 heteroatoms. The van der Waals surface area contributed by atoms with Gasteiger partial charge in [-0.3, -0.25) is 9.59 Å². The number of nitrogens with one attached hydrogen (secondary N) is 2. The number of hydrogen-bond donors (Lipinski definition) is 2. The second-order valence-corrected chi connectivity index (χ2v) is 5.80. The Morgan fingerprint density at radius 2 is 1.77 bits per heavy atom. The SMILES string of the molecule is CC=CC(C)NC(=O)C(C=CCCC)NC(=O)CC(C)CC. The predicted octanol–water partition coefficient (Wildman–Crippen LogP) is 3.34. The fraction of sp³-hybridized carbons (Fsp3) is 0.667. The van der Waals surface area contributed by atoms with Crippen molar-refractivity contribution in [3.63, 3.8) is 0 Å². The van der Waals surface area contributed by atoms with Crippen LogP contribution >= 0.6 is 0 Å². The molecule has 0 aliphatic carbocycles. The zero-order chi connectivity index (χ0) is 17.0. The van der Waals surface area contributed by atoms with Gasteiger partial charge in [0.1, 0.15) is 6.04 Å². The van der Waals surface area contributed by atoms with E-state index in [2.05, 4.69) is 24.5 Å². The van der Waals surface area contributed by atoms with E-state index in [1.165, 1.54) is 0 Å². The molecule has 0 aliphatic heterocycles. The highest BCUT2D eigenvalue weighted by molar-refractivity contribution is 5.89. The smallest absolute Gasteiger partial charge is 0.247 e. The van der Waals surface area contributed by atoms with Crippen LogP contribution in [0.4, 0.5) is 0 Å². The molecular weight excluding hydrogens is 276 g/mol. The van der Waals surface area contributed by atoms with Crippen molar-refractivity contribution in [3.8, 4) is 0 Å². The zero-order valence-corrected chi connectivity index (χ0v) is 14.7. The molecule has 2 amide bonds. The standard InChI is InChI=1S/C18H32N2O2/c1-6-9-10-12-16(18(22)19-15(5)11-7-2)20-17(21)13-14(4)8-3/h7,10-12,14-16H,6,8-9,13H2,1-5H3,(H,19,22)(H,20,21). The van der Waals surface area contributed by atoms with Crippen molar-refractivity contribution in [1.29, 1.82) is 0 Å². The van der Waals surface area contributed by atoms with Crippen molar-refractivity contribution in [3.05, 3.63) is 24.3 Å². The molecule has 0 aliphatic rings. The third-order valence-corrected chi connectivity index (χ3v) is 3.46. The first-order valence-corrected chi connectivity index (χ1v) is 8.33. The number of carbonyl (C=O) groups is 2. The molecule has 0 aromatic carbocycles. The van der Waals surface area contributed by atoms with E-state index in [1.807, 2.05) is 39.0 Å². The van der Waals surface area contributed by atoms with Crippen molar-refractivity contribution >= 4 is 11.8 Å². The topological polar surface area (TPSA) is 58.2 Å². The van der Waals surface area contributed by atoms with Crippen LogP contribution in [0.2, 0.25) is 0 Å². The third-order valence-electron chi connectivity index (χ3n) is 3.46. The molecule has 22 heavy (non-hydrogen) atoms. The summed E-state index contributed by atoms with van der Waals surface area (Å²) in [6.07, 6.45) is 10.9. The minimum absolute atomic E-state index is 0.0500. The molecule has 2 N–H and O–H groups in total. The Morgan fingerprint density at radius 3 is 2.32 bits per heavy atom. The molecule has 0 aromatic heterocycles. The first-order valence-electron chi connectivity index (χ1n) is 8.33. The van der Waals surface area contributed by atoms with E-state index in [0.29, 0.717) is 12.3 Å². The van der Waals surface area contributed by atoms with Crippen LogP contribution in [0.5, 0.6) is 0 Å². The second-order valence-electron chi connectivity index (χ2n) is 5.80. The average Bonchev–Trinajstić information content (AvgIpc) is 2.46. The van der Waals surface area contributed by atoms with Crippen molar-refractivity contribution in [2.45, 2.75) is 72.4 Å². The Kier molecular flexibility index (Phi) is 11.2. The number of amides is 2. The highest BCUT2D eigenvalue weighted by Crippen LogP contribution is 2.06. The molecule has 3 atom stereocenters. The molecule has 0 saturated heterocycles. The van der Waals surface area contributed by atoms with Crippen molar-refractivity contribution in [1.82, 2.24) is 10.6 Å². The van der Waals surface area contributed by atoms with E-state index in [4.69, 9.17) is 0 Å². The maximum absolute atomic E-state index is 12.3. The molecule has 3 unspecified atom stereocenters. The van der Waals surface area contributed by atoms with Gasteiger partial charge in [-0.1, -0.05) is 57.9 Å². The molecule has 126 valence electrons. The molecule has 0 rings (SSSR count). The molecule has 0 bridgehead atoms. The number of rotatable bonds is 10. The monoisotopic (exact) mass is 308 g/mol. The lowest BCUT2D eigenvalue weighted by atomic mass is 10.0. The van der Waals surface area contributed by atoms with Crippen LogP contribution in [0.1, 0.15) is 60.3 Å². The zero-order valence-electron chi connectivity index (χ0n) is 14.7. The minimum atomic E-state index is -0.601. The van der Waals surface area contributed by atoms with Crippen LogP contribution < -0.4 is 10.6 Å². The van der Waals surface area contributed by atoms with Crippen molar-refractivity contribution in [2.24, 2.45) is 5.92 Å². The van der Waals surface area contributed by atoms with E-state index in [9.17, 15) is 9.59 Å². The summed E-state index contributed by atoms with van der Waals surface area (Å²) in [5.41, 5.74) is 0. The molecule has 0 aromatic rings. The van der Waals surface area contributed by atoms with Crippen LogP contribution in [0.3, 0.4) is 0 Å². The highest BCUT2D eigenvalue weighted by atomic mass is 16.2. The number of unbranched alkanes of at least 4 members (excludes halogenated alkanes) is 1. The Hall–Kier alpha value is -1.58. The summed E-state index contributed by atoms with van der Waals surface area (Å²) < 4.78 is 0. The van der Waals surface area contributed by atoms with Gasteiger partial charge in [-0.05, 0) is 26.2 Å². The van der Waals surface area contributed by atoms with E-state index < -0.39 is 6.04 Å². The van der Waals surface area contributed by atoms with Crippen LogP contribution in [0, 0.1) is 5.92 Å². The van der Waals surface area contributed by atoms with Gasteiger partial charge in [0, 0.05) is 12.5 Å².